The van der Waals surface area contributed by atoms with E-state index < -0.39 is 0 Å². The quantitative estimate of drug-likeness (QED) is 0.647. The van der Waals surface area contributed by atoms with Crippen molar-refractivity contribution in [3.8, 4) is 6.07 Å². The van der Waals surface area contributed by atoms with E-state index in [1.165, 1.54) is 5.56 Å². The molecule has 0 saturated heterocycles. The number of rotatable bonds is 9. The SMILES string of the molecule is CCC(C#N)(CCCSCc1ccccc1Cl)NC(C)C. The molecule has 116 valence electrons. The van der Waals surface area contributed by atoms with E-state index in [-0.39, 0.29) is 5.54 Å². The van der Waals surface area contributed by atoms with E-state index in [1.54, 1.807) is 0 Å². The topological polar surface area (TPSA) is 35.8 Å². The molecule has 0 aliphatic carbocycles. The fourth-order valence-corrected chi connectivity index (χ4v) is 3.59. The Morgan fingerprint density at radius 2 is 2.10 bits per heavy atom. The molecule has 0 spiro atoms. The van der Waals surface area contributed by atoms with E-state index in [2.05, 4.69) is 38.2 Å². The number of halogens is 1. The maximum atomic E-state index is 9.46. The summed E-state index contributed by atoms with van der Waals surface area (Å²) in [6.07, 6.45) is 2.78. The number of nitrogens with one attached hydrogen (secondary N) is 1. The van der Waals surface area contributed by atoms with Crippen molar-refractivity contribution in [2.75, 3.05) is 5.75 Å². The Labute approximate surface area is 138 Å². The summed E-state index contributed by atoms with van der Waals surface area (Å²) in [6, 6.07) is 10.8. The second-order valence-electron chi connectivity index (χ2n) is 5.59. The Kier molecular flexibility index (Phi) is 8.18. The molecule has 1 aromatic carbocycles. The second-order valence-corrected chi connectivity index (χ2v) is 7.11. The summed E-state index contributed by atoms with van der Waals surface area (Å²) in [5, 5.41) is 13.7. The van der Waals surface area contributed by atoms with Crippen molar-refractivity contribution in [3.63, 3.8) is 0 Å². The second kappa shape index (κ2) is 9.35. The van der Waals surface area contributed by atoms with Crippen LogP contribution in [0.25, 0.3) is 0 Å². The highest BCUT2D eigenvalue weighted by molar-refractivity contribution is 7.98. The first kappa shape index (κ1) is 18.4. The molecule has 0 amide bonds. The fraction of sp³-hybridized carbons (Fsp3) is 0.588. The molecule has 21 heavy (non-hydrogen) atoms. The van der Waals surface area contributed by atoms with E-state index in [1.807, 2.05) is 30.0 Å². The monoisotopic (exact) mass is 324 g/mol. The molecular weight excluding hydrogens is 300 g/mol. The smallest absolute Gasteiger partial charge is 0.106 e. The van der Waals surface area contributed by atoms with Gasteiger partial charge in [0.15, 0.2) is 0 Å². The minimum atomic E-state index is -0.376. The van der Waals surface area contributed by atoms with Crippen molar-refractivity contribution in [1.82, 2.24) is 5.32 Å². The molecule has 0 heterocycles. The average Bonchev–Trinajstić information content (AvgIpc) is 2.47. The van der Waals surface area contributed by atoms with Crippen LogP contribution in [0.4, 0.5) is 0 Å². The third-order valence-corrected chi connectivity index (χ3v) is 4.95. The summed E-state index contributed by atoms with van der Waals surface area (Å²) in [6.45, 7) is 6.26. The first-order chi connectivity index (χ1) is 10.0. The predicted molar refractivity (Wildman–Crippen MR) is 93.8 cm³/mol. The van der Waals surface area contributed by atoms with Crippen LogP contribution in [0.5, 0.6) is 0 Å². The molecule has 0 aliphatic rings. The molecular formula is C17H25ClN2S. The molecule has 1 atom stereocenters. The summed E-state index contributed by atoms with van der Waals surface area (Å²) < 4.78 is 0. The van der Waals surface area contributed by atoms with Crippen LogP contribution in [0.15, 0.2) is 24.3 Å². The van der Waals surface area contributed by atoms with Crippen molar-refractivity contribution in [1.29, 1.82) is 5.26 Å². The highest BCUT2D eigenvalue weighted by atomic mass is 35.5. The molecule has 1 unspecified atom stereocenters. The number of nitriles is 1. The lowest BCUT2D eigenvalue weighted by atomic mass is 9.91. The third kappa shape index (κ3) is 6.30. The lowest BCUT2D eigenvalue weighted by Crippen LogP contribution is -2.47. The lowest BCUT2D eigenvalue weighted by Gasteiger charge is -2.29. The summed E-state index contributed by atoms with van der Waals surface area (Å²) in [5.41, 5.74) is 0.811. The van der Waals surface area contributed by atoms with Crippen LogP contribution in [-0.2, 0) is 5.75 Å². The number of hydrogen-bond acceptors (Lipinski definition) is 3. The molecule has 0 radical (unpaired) electrons. The van der Waals surface area contributed by atoms with Crippen LogP contribution in [0, 0.1) is 11.3 Å². The van der Waals surface area contributed by atoms with E-state index in [4.69, 9.17) is 11.6 Å². The van der Waals surface area contributed by atoms with Gasteiger partial charge in [0.05, 0.1) is 6.07 Å². The maximum Gasteiger partial charge on any atom is 0.106 e. The Balaban J connectivity index is 2.35. The molecule has 0 bridgehead atoms. The molecule has 0 aromatic heterocycles. The first-order valence-electron chi connectivity index (χ1n) is 7.53. The summed E-state index contributed by atoms with van der Waals surface area (Å²) in [7, 11) is 0. The molecule has 0 saturated carbocycles. The third-order valence-electron chi connectivity index (χ3n) is 3.49. The standard InChI is InChI=1S/C17H25ClN2S/c1-4-17(13-19,20-14(2)3)10-7-11-21-12-15-8-5-6-9-16(15)18/h5-6,8-9,14,20H,4,7,10-12H2,1-3H3. The van der Waals surface area contributed by atoms with E-state index in [0.29, 0.717) is 6.04 Å². The van der Waals surface area contributed by atoms with Crippen molar-refractivity contribution in [2.24, 2.45) is 0 Å². The minimum Gasteiger partial charge on any atom is -0.297 e. The Bertz CT molecular complexity index is 470. The van der Waals surface area contributed by atoms with Crippen LogP contribution in [-0.4, -0.2) is 17.3 Å². The van der Waals surface area contributed by atoms with Crippen LogP contribution in [0.2, 0.25) is 5.02 Å². The highest BCUT2D eigenvalue weighted by Gasteiger charge is 2.27. The summed E-state index contributed by atoms with van der Waals surface area (Å²) in [4.78, 5) is 0. The minimum absolute atomic E-state index is 0.334. The summed E-state index contributed by atoms with van der Waals surface area (Å²) >= 11 is 8.02. The number of nitrogens with zero attached hydrogens (tertiary/aromatic N) is 1. The Hall–Kier alpha value is -0.690. The first-order valence-corrected chi connectivity index (χ1v) is 9.06. The Morgan fingerprint density at radius 3 is 2.67 bits per heavy atom. The predicted octanol–water partition coefficient (Wildman–Crippen LogP) is 5.02. The average molecular weight is 325 g/mol. The van der Waals surface area contributed by atoms with Gasteiger partial charge in [-0.1, -0.05) is 36.7 Å². The van der Waals surface area contributed by atoms with Crippen molar-refractivity contribution < 1.29 is 0 Å². The fourth-order valence-electron chi connectivity index (χ4n) is 2.34. The van der Waals surface area contributed by atoms with E-state index in [9.17, 15) is 5.26 Å². The van der Waals surface area contributed by atoms with Crippen LogP contribution >= 0.6 is 23.4 Å². The van der Waals surface area contributed by atoms with Gasteiger partial charge in [-0.25, -0.2) is 0 Å². The van der Waals surface area contributed by atoms with Gasteiger partial charge in [0.1, 0.15) is 5.54 Å². The zero-order chi connectivity index (χ0) is 15.7. The van der Waals surface area contributed by atoms with E-state index >= 15 is 0 Å². The number of thioether (sulfide) groups is 1. The number of hydrogen-bond donors (Lipinski definition) is 1. The zero-order valence-corrected chi connectivity index (χ0v) is 14.7. The van der Waals surface area contributed by atoms with Gasteiger partial charge in [-0.05, 0) is 50.5 Å². The molecule has 0 aliphatic heterocycles. The lowest BCUT2D eigenvalue weighted by molar-refractivity contribution is 0.341. The van der Waals surface area contributed by atoms with Crippen LogP contribution < -0.4 is 5.32 Å². The molecule has 4 heteroatoms. The van der Waals surface area contributed by atoms with Crippen molar-refractivity contribution in [3.05, 3.63) is 34.9 Å². The van der Waals surface area contributed by atoms with Gasteiger partial charge in [0, 0.05) is 16.8 Å². The van der Waals surface area contributed by atoms with Gasteiger partial charge in [-0.15, -0.1) is 0 Å². The normalized spacial score (nSPS) is 13.9. The van der Waals surface area contributed by atoms with Gasteiger partial charge >= 0.3 is 0 Å². The van der Waals surface area contributed by atoms with Gasteiger partial charge < -0.3 is 0 Å². The van der Waals surface area contributed by atoms with Crippen molar-refractivity contribution >= 4 is 23.4 Å². The largest absolute Gasteiger partial charge is 0.297 e. The van der Waals surface area contributed by atoms with E-state index in [0.717, 1.165) is 35.8 Å². The molecule has 1 aromatic rings. The Morgan fingerprint density at radius 1 is 1.38 bits per heavy atom. The van der Waals surface area contributed by atoms with Crippen LogP contribution in [0.1, 0.15) is 45.6 Å². The van der Waals surface area contributed by atoms with Crippen molar-refractivity contribution in [2.45, 2.75) is 57.4 Å². The summed E-state index contributed by atoms with van der Waals surface area (Å²) in [5.74, 6) is 1.98. The highest BCUT2D eigenvalue weighted by Crippen LogP contribution is 2.23. The molecule has 2 nitrogen and oxygen atoms in total. The molecule has 0 fully saturated rings. The van der Waals surface area contributed by atoms with Gasteiger partial charge in [-0.2, -0.15) is 17.0 Å². The van der Waals surface area contributed by atoms with Gasteiger partial charge in [-0.3, -0.25) is 5.32 Å². The van der Waals surface area contributed by atoms with Gasteiger partial charge in [0.2, 0.25) is 0 Å². The zero-order valence-electron chi connectivity index (χ0n) is 13.2. The maximum absolute atomic E-state index is 9.46. The van der Waals surface area contributed by atoms with Gasteiger partial charge in [0.25, 0.3) is 0 Å². The molecule has 1 rings (SSSR count). The molecule has 1 N–H and O–H groups in total. The van der Waals surface area contributed by atoms with Crippen LogP contribution in [0.3, 0.4) is 0 Å². The number of benzene rings is 1.